The van der Waals surface area contributed by atoms with E-state index in [-0.39, 0.29) is 26.2 Å². The van der Waals surface area contributed by atoms with Crippen molar-refractivity contribution in [3.63, 3.8) is 0 Å². The van der Waals surface area contributed by atoms with Crippen molar-refractivity contribution >= 4 is 47.8 Å². The summed E-state index contributed by atoms with van der Waals surface area (Å²) >= 11 is 0. The Labute approximate surface area is 326 Å². The minimum Gasteiger partial charge on any atom is -0.463 e. The molecule has 0 unspecified atom stereocenters. The van der Waals surface area contributed by atoms with Crippen LogP contribution in [0.15, 0.2) is 6.20 Å². The van der Waals surface area contributed by atoms with Crippen molar-refractivity contribution in [2.45, 2.75) is 130 Å². The molecule has 0 spiro atoms. The maximum atomic E-state index is 12.1. The van der Waals surface area contributed by atoms with Crippen molar-refractivity contribution in [2.24, 2.45) is 0 Å². The quantitative estimate of drug-likeness (QED) is 0.127. The molecule has 3 heterocycles. The Morgan fingerprint density at radius 1 is 0.526 bits per heavy atom. The van der Waals surface area contributed by atoms with Gasteiger partial charge in [0.2, 0.25) is 0 Å². The summed E-state index contributed by atoms with van der Waals surface area (Å²) in [6.45, 7) is 7.85. The molecule has 10 atom stereocenters. The molecule has 318 valence electrons. The fraction of sp³-hybridized carbons (Fsp3) is 0.706. The van der Waals surface area contributed by atoms with Crippen molar-refractivity contribution in [3.05, 3.63) is 11.9 Å². The molecule has 1 aromatic heterocycles. The summed E-state index contributed by atoms with van der Waals surface area (Å²) in [6.07, 6.45) is -11.8. The van der Waals surface area contributed by atoms with E-state index in [1.165, 1.54) is 4.68 Å². The first-order chi connectivity index (χ1) is 26.8. The van der Waals surface area contributed by atoms with Crippen LogP contribution in [0.1, 0.15) is 61.1 Å². The van der Waals surface area contributed by atoms with Crippen LogP contribution in [0, 0.1) is 0 Å². The minimum atomic E-state index is -1.41. The van der Waals surface area contributed by atoms with Crippen LogP contribution in [0.3, 0.4) is 0 Å². The predicted molar refractivity (Wildman–Crippen MR) is 180 cm³/mol. The van der Waals surface area contributed by atoms with E-state index in [1.807, 2.05) is 0 Å². The van der Waals surface area contributed by atoms with Crippen LogP contribution in [0.4, 0.5) is 0 Å². The van der Waals surface area contributed by atoms with E-state index in [0.29, 0.717) is 5.69 Å². The third-order valence-electron chi connectivity index (χ3n) is 7.73. The molecule has 2 saturated heterocycles. The topological polar surface area (TPSA) is 278 Å². The molecule has 0 aromatic carbocycles. The number of ether oxygens (including phenoxy) is 12. The van der Waals surface area contributed by atoms with E-state index in [0.717, 1.165) is 55.4 Å². The molecule has 2 aliphatic rings. The number of carbonyl (C=O) groups is 8. The van der Waals surface area contributed by atoms with Gasteiger partial charge in [-0.1, -0.05) is 5.21 Å². The van der Waals surface area contributed by atoms with Gasteiger partial charge in [-0.25, -0.2) is 4.68 Å². The molecule has 3 rings (SSSR count). The molecule has 23 nitrogen and oxygen atoms in total. The molecule has 0 bridgehead atoms. The Morgan fingerprint density at radius 3 is 1.28 bits per heavy atom. The van der Waals surface area contributed by atoms with Crippen molar-refractivity contribution in [1.29, 1.82) is 0 Å². The summed E-state index contributed by atoms with van der Waals surface area (Å²) < 4.78 is 67.5. The molecule has 2 fully saturated rings. The second-order valence-corrected chi connectivity index (χ2v) is 12.6. The molecule has 23 heteroatoms. The Kier molecular flexibility index (Phi) is 17.7. The second kappa shape index (κ2) is 21.9. The third-order valence-corrected chi connectivity index (χ3v) is 7.73. The third kappa shape index (κ3) is 15.0. The average molecular weight is 818 g/mol. The van der Waals surface area contributed by atoms with Crippen molar-refractivity contribution in [2.75, 3.05) is 26.4 Å². The van der Waals surface area contributed by atoms with Crippen LogP contribution in [0.2, 0.25) is 0 Å². The first-order valence-electron chi connectivity index (χ1n) is 17.6. The van der Waals surface area contributed by atoms with Gasteiger partial charge in [-0.05, 0) is 0 Å². The number of hydrogen-bond donors (Lipinski definition) is 0. The lowest BCUT2D eigenvalue weighted by Gasteiger charge is -2.44. The van der Waals surface area contributed by atoms with Crippen LogP contribution >= 0.6 is 0 Å². The maximum absolute atomic E-state index is 12.1. The monoisotopic (exact) mass is 817 g/mol. The molecule has 0 saturated carbocycles. The fourth-order valence-corrected chi connectivity index (χ4v) is 5.75. The van der Waals surface area contributed by atoms with E-state index >= 15 is 0 Å². The molecule has 0 N–H and O–H groups in total. The van der Waals surface area contributed by atoms with Crippen molar-refractivity contribution < 1.29 is 95.2 Å². The second-order valence-electron chi connectivity index (χ2n) is 12.6. The van der Waals surface area contributed by atoms with Gasteiger partial charge >= 0.3 is 47.8 Å². The van der Waals surface area contributed by atoms with E-state index in [4.69, 9.17) is 56.8 Å². The standard InChI is InChI=1S/C34H47N3O20/c1-16(38)48-14-25-27(50-18(3)40)29(52-20(5)42)31(54-22(7)44)33(56-25)46-11-9-24-13-37(36-35-24)10-12-47-34-32(55-23(8)45)30(53-21(6)43)28(51-19(4)41)26(57-34)15-49-17(2)39/h13,25-34H,9-12,14-15H2,1-8H3/t25-,26-,27-,28-,29+,30+,31-,32-,33-,34-/m1/s1. The van der Waals surface area contributed by atoms with Gasteiger partial charge in [0, 0.05) is 68.0 Å². The van der Waals surface area contributed by atoms with Crippen LogP contribution in [0.25, 0.3) is 0 Å². The zero-order valence-corrected chi connectivity index (χ0v) is 32.6. The molecular weight excluding hydrogens is 770 g/mol. The van der Waals surface area contributed by atoms with Crippen molar-refractivity contribution in [3.8, 4) is 0 Å². The first kappa shape index (κ1) is 46.1. The lowest BCUT2D eigenvalue weighted by atomic mass is 9.98. The summed E-state index contributed by atoms with van der Waals surface area (Å²) in [5, 5.41) is 8.15. The smallest absolute Gasteiger partial charge is 0.303 e. The van der Waals surface area contributed by atoms with Gasteiger partial charge in [0.15, 0.2) is 49.2 Å². The molecule has 0 radical (unpaired) electrons. The Bertz CT molecular complexity index is 1490. The minimum absolute atomic E-state index is 0.0560. The average Bonchev–Trinajstić information content (AvgIpc) is 3.54. The lowest BCUT2D eigenvalue weighted by Crippen LogP contribution is -2.63. The predicted octanol–water partition coefficient (Wildman–Crippen LogP) is -0.980. The summed E-state index contributed by atoms with van der Waals surface area (Å²) in [5.74, 6) is -6.07. The highest BCUT2D eigenvalue weighted by atomic mass is 16.7. The fourth-order valence-electron chi connectivity index (χ4n) is 5.75. The zero-order chi connectivity index (χ0) is 42.4. The first-order valence-corrected chi connectivity index (χ1v) is 17.6. The number of aromatic nitrogens is 3. The van der Waals surface area contributed by atoms with Gasteiger partial charge < -0.3 is 56.8 Å². The zero-order valence-electron chi connectivity index (χ0n) is 32.6. The number of nitrogens with zero attached hydrogens (tertiary/aromatic N) is 3. The molecule has 1 aromatic rings. The Hall–Kier alpha value is -5.26. The van der Waals surface area contributed by atoms with Gasteiger partial charge in [-0.3, -0.25) is 38.4 Å². The van der Waals surface area contributed by atoms with Gasteiger partial charge in [-0.15, -0.1) is 5.10 Å². The SMILES string of the molecule is CC(=O)OC[C@H]1O[C@@H](OCCc2cn(CCO[C@@H]3O[C@H](COC(C)=O)[C@@H](OC(C)=O)[C@H](OC(C)=O)[C@H]3OC(C)=O)nn2)[C@H](OC(C)=O)[C@@H](OC(C)=O)[C@@H]1OC(C)=O. The molecular formula is C34H47N3O20. The van der Waals surface area contributed by atoms with E-state index in [1.54, 1.807) is 6.20 Å². The van der Waals surface area contributed by atoms with Gasteiger partial charge in [0.1, 0.15) is 25.4 Å². The number of rotatable bonds is 18. The summed E-state index contributed by atoms with van der Waals surface area (Å²) in [4.78, 5) is 95.4. The largest absolute Gasteiger partial charge is 0.463 e. The van der Waals surface area contributed by atoms with Crippen LogP contribution < -0.4 is 0 Å². The number of carbonyl (C=O) groups excluding carboxylic acids is 8. The van der Waals surface area contributed by atoms with Crippen LogP contribution in [0.5, 0.6) is 0 Å². The highest BCUT2D eigenvalue weighted by Crippen LogP contribution is 2.31. The van der Waals surface area contributed by atoms with E-state index in [2.05, 4.69) is 10.3 Å². The number of hydrogen-bond acceptors (Lipinski definition) is 22. The van der Waals surface area contributed by atoms with Crippen LogP contribution in [-0.4, -0.2) is 151 Å². The van der Waals surface area contributed by atoms with Crippen LogP contribution in [-0.2, 0) is 108 Å². The van der Waals surface area contributed by atoms with Gasteiger partial charge in [-0.2, -0.15) is 0 Å². The summed E-state index contributed by atoms with van der Waals surface area (Å²) in [6, 6.07) is 0. The lowest BCUT2D eigenvalue weighted by molar-refractivity contribution is -0.308. The highest BCUT2D eigenvalue weighted by Gasteiger charge is 2.54. The van der Waals surface area contributed by atoms with E-state index in [9.17, 15) is 38.4 Å². The van der Waals surface area contributed by atoms with Gasteiger partial charge in [0.05, 0.1) is 25.5 Å². The number of esters is 8. The molecule has 0 amide bonds. The Morgan fingerprint density at radius 2 is 0.895 bits per heavy atom. The summed E-state index contributed by atoms with van der Waals surface area (Å²) in [7, 11) is 0. The summed E-state index contributed by atoms with van der Waals surface area (Å²) in [5.41, 5.74) is 0.410. The molecule has 0 aliphatic carbocycles. The van der Waals surface area contributed by atoms with E-state index < -0.39 is 122 Å². The Balaban J connectivity index is 1.72. The molecule has 2 aliphatic heterocycles. The normalized spacial score (nSPS) is 26.9. The highest BCUT2D eigenvalue weighted by molar-refractivity contribution is 5.70. The molecule has 57 heavy (non-hydrogen) atoms. The maximum Gasteiger partial charge on any atom is 0.303 e. The van der Waals surface area contributed by atoms with Gasteiger partial charge in [0.25, 0.3) is 0 Å². The van der Waals surface area contributed by atoms with Crippen molar-refractivity contribution in [1.82, 2.24) is 15.0 Å².